The number of hydrazine groups is 1. The van der Waals surface area contributed by atoms with Crippen LogP contribution in [0.25, 0.3) is 5.69 Å². The van der Waals surface area contributed by atoms with Gasteiger partial charge in [0, 0.05) is 36.7 Å². The molecule has 0 radical (unpaired) electrons. The number of non-ortho nitro benzene ring substituents is 1. The normalized spacial score (nSPS) is 22.3. The average Bonchev–Trinajstić information content (AvgIpc) is 2.94. The minimum atomic E-state index is -0.505. The third-order valence-corrected chi connectivity index (χ3v) is 4.94. The second-order valence-electron chi connectivity index (χ2n) is 6.27. The van der Waals surface area contributed by atoms with Crippen LogP contribution in [0.3, 0.4) is 0 Å². The van der Waals surface area contributed by atoms with E-state index in [-0.39, 0.29) is 22.8 Å². The van der Waals surface area contributed by atoms with Crippen LogP contribution in [0.4, 0.5) is 11.4 Å². The first-order chi connectivity index (χ1) is 12.4. The van der Waals surface area contributed by atoms with E-state index in [1.54, 1.807) is 0 Å². The molecule has 3 rings (SSSR count). The monoisotopic (exact) mass is 378 g/mol. The van der Waals surface area contributed by atoms with Crippen molar-refractivity contribution in [3.8, 4) is 5.69 Å². The molecular weight excluding hydrogens is 360 g/mol. The second-order valence-corrected chi connectivity index (χ2v) is 6.65. The number of nitro groups is 1. The molecule has 1 fully saturated rings. The first-order valence-corrected chi connectivity index (χ1v) is 8.54. The van der Waals surface area contributed by atoms with E-state index < -0.39 is 10.5 Å². The Kier molecular flexibility index (Phi) is 5.21. The van der Waals surface area contributed by atoms with Crippen molar-refractivity contribution in [1.82, 2.24) is 20.6 Å². The van der Waals surface area contributed by atoms with Gasteiger partial charge in [-0.3, -0.25) is 25.8 Å². The Balaban J connectivity index is 1.80. The zero-order valence-corrected chi connectivity index (χ0v) is 15.0. The average molecular weight is 379 g/mol. The number of halogens is 1. The largest absolute Gasteiger partial charge is 0.382 e. The summed E-state index contributed by atoms with van der Waals surface area (Å²) in [5.74, 6) is 0.322. The molecule has 10 heteroatoms. The zero-order chi connectivity index (χ0) is 18.8. The van der Waals surface area contributed by atoms with E-state index in [1.165, 1.54) is 30.5 Å². The third-order valence-electron chi connectivity index (χ3n) is 4.58. The molecule has 2 atom stereocenters. The number of hydrogen-bond acceptors (Lipinski definition) is 7. The maximum Gasteiger partial charge on any atom is 0.292 e. The van der Waals surface area contributed by atoms with Crippen molar-refractivity contribution < 1.29 is 4.92 Å². The molecule has 3 N–H and O–H groups in total. The number of benzene rings is 1. The third kappa shape index (κ3) is 3.55. The van der Waals surface area contributed by atoms with Crippen LogP contribution in [0.2, 0.25) is 5.02 Å². The van der Waals surface area contributed by atoms with Crippen LogP contribution in [-0.4, -0.2) is 33.3 Å². The minimum Gasteiger partial charge on any atom is -0.382 e. The maximum atomic E-state index is 12.5. The Labute approximate surface area is 154 Å². The van der Waals surface area contributed by atoms with Crippen LogP contribution in [0, 0.1) is 16.0 Å². The summed E-state index contributed by atoms with van der Waals surface area (Å²) >= 11 is 6.21. The predicted octanol–water partition coefficient (Wildman–Crippen LogP) is 1.71. The molecule has 9 nitrogen and oxygen atoms in total. The van der Waals surface area contributed by atoms with E-state index in [0.29, 0.717) is 23.8 Å². The Morgan fingerprint density at radius 1 is 1.27 bits per heavy atom. The molecule has 2 heterocycles. The van der Waals surface area contributed by atoms with Crippen molar-refractivity contribution in [3.63, 3.8) is 0 Å². The van der Waals surface area contributed by atoms with Crippen molar-refractivity contribution >= 4 is 23.0 Å². The summed E-state index contributed by atoms with van der Waals surface area (Å²) in [5, 5.41) is 18.1. The number of aromatic nitrogens is 2. The summed E-state index contributed by atoms with van der Waals surface area (Å²) in [5.41, 5.74) is 6.65. The van der Waals surface area contributed by atoms with Crippen molar-refractivity contribution in [1.29, 1.82) is 0 Å². The van der Waals surface area contributed by atoms with Crippen molar-refractivity contribution in [2.24, 2.45) is 5.92 Å². The van der Waals surface area contributed by atoms with Crippen LogP contribution < -0.4 is 21.7 Å². The van der Waals surface area contributed by atoms with Crippen LogP contribution in [0.1, 0.15) is 13.8 Å². The predicted molar refractivity (Wildman–Crippen MR) is 98.7 cm³/mol. The molecule has 1 aromatic carbocycles. The zero-order valence-electron chi connectivity index (χ0n) is 14.3. The number of hydrogen-bond donors (Lipinski definition) is 3. The van der Waals surface area contributed by atoms with Crippen molar-refractivity contribution in [3.05, 3.63) is 56.0 Å². The number of anilines is 1. The molecule has 0 bridgehead atoms. The molecule has 0 aliphatic carbocycles. The molecule has 2 aromatic rings. The Bertz CT molecular complexity index is 859. The van der Waals surface area contributed by atoms with Crippen LogP contribution >= 0.6 is 11.6 Å². The lowest BCUT2D eigenvalue weighted by Crippen LogP contribution is -2.31. The lowest BCUT2D eigenvalue weighted by atomic mass is 9.97. The molecule has 0 amide bonds. The quantitative estimate of drug-likeness (QED) is 0.536. The number of nitrogens with zero attached hydrogens (tertiary/aromatic N) is 3. The number of rotatable bonds is 5. The van der Waals surface area contributed by atoms with Gasteiger partial charge in [-0.15, -0.1) is 0 Å². The Morgan fingerprint density at radius 3 is 2.46 bits per heavy atom. The Morgan fingerprint density at radius 2 is 1.88 bits per heavy atom. The minimum absolute atomic E-state index is 0.0255. The fraction of sp³-hybridized carbons (Fsp3) is 0.375. The molecule has 1 aliphatic rings. The standard InChI is InChI=1S/C16H19ClN6O3/c1-9-13(10(2)21-20-9)7-18-14-8-19-22(16(24)15(14)17)11-3-5-12(6-4-11)23(25)26/h3-6,8-10,13,18,20-21H,7H2,1-2H3. The highest BCUT2D eigenvalue weighted by atomic mass is 35.5. The fourth-order valence-electron chi connectivity index (χ4n) is 2.95. The SMILES string of the molecule is CC1NNC(C)C1CNc1cnn(-c2ccc([N+](=O)[O-])cc2)c(=O)c1Cl. The van der Waals surface area contributed by atoms with Gasteiger partial charge in [-0.05, 0) is 26.0 Å². The van der Waals surface area contributed by atoms with Gasteiger partial charge < -0.3 is 5.32 Å². The maximum absolute atomic E-state index is 12.5. The first kappa shape index (κ1) is 18.3. The topological polar surface area (TPSA) is 114 Å². The highest BCUT2D eigenvalue weighted by Gasteiger charge is 2.29. The number of nitrogens with one attached hydrogen (secondary N) is 3. The molecule has 1 aliphatic heterocycles. The first-order valence-electron chi connectivity index (χ1n) is 8.16. The van der Waals surface area contributed by atoms with Gasteiger partial charge in [-0.2, -0.15) is 9.78 Å². The highest BCUT2D eigenvalue weighted by molar-refractivity contribution is 6.32. The summed E-state index contributed by atoms with van der Waals surface area (Å²) in [6.07, 6.45) is 1.48. The lowest BCUT2D eigenvalue weighted by molar-refractivity contribution is -0.384. The van der Waals surface area contributed by atoms with Gasteiger partial charge in [0.1, 0.15) is 5.02 Å². The van der Waals surface area contributed by atoms with Gasteiger partial charge in [0.2, 0.25) is 0 Å². The molecule has 26 heavy (non-hydrogen) atoms. The van der Waals surface area contributed by atoms with Gasteiger partial charge in [-0.1, -0.05) is 11.6 Å². The van der Waals surface area contributed by atoms with E-state index >= 15 is 0 Å². The van der Waals surface area contributed by atoms with E-state index in [1.807, 2.05) is 0 Å². The summed E-state index contributed by atoms with van der Waals surface area (Å²) < 4.78 is 1.11. The van der Waals surface area contributed by atoms with Crippen molar-refractivity contribution in [2.75, 3.05) is 11.9 Å². The lowest BCUT2D eigenvalue weighted by Gasteiger charge is -2.19. The molecule has 1 aromatic heterocycles. The summed E-state index contributed by atoms with van der Waals surface area (Å²) in [6.45, 7) is 4.79. The molecular formula is C16H19ClN6O3. The van der Waals surface area contributed by atoms with E-state index in [2.05, 4.69) is 35.1 Å². The summed E-state index contributed by atoms with van der Waals surface area (Å²) in [6, 6.07) is 6.10. The van der Waals surface area contributed by atoms with Crippen LogP contribution in [0.5, 0.6) is 0 Å². The van der Waals surface area contributed by atoms with Crippen LogP contribution in [-0.2, 0) is 0 Å². The summed E-state index contributed by atoms with van der Waals surface area (Å²) in [7, 11) is 0. The molecule has 0 saturated carbocycles. The van der Waals surface area contributed by atoms with Gasteiger partial charge in [0.15, 0.2) is 0 Å². The summed E-state index contributed by atoms with van der Waals surface area (Å²) in [4.78, 5) is 22.7. The van der Waals surface area contributed by atoms with Gasteiger partial charge >= 0.3 is 0 Å². The van der Waals surface area contributed by atoms with Crippen LogP contribution in [0.15, 0.2) is 35.3 Å². The van der Waals surface area contributed by atoms with Gasteiger partial charge in [0.25, 0.3) is 11.2 Å². The molecule has 1 saturated heterocycles. The fourth-order valence-corrected chi connectivity index (χ4v) is 3.14. The van der Waals surface area contributed by atoms with Gasteiger partial charge in [-0.25, -0.2) is 0 Å². The van der Waals surface area contributed by atoms with Crippen molar-refractivity contribution in [2.45, 2.75) is 25.9 Å². The van der Waals surface area contributed by atoms with E-state index in [9.17, 15) is 14.9 Å². The smallest absolute Gasteiger partial charge is 0.292 e. The second kappa shape index (κ2) is 7.40. The van der Waals surface area contributed by atoms with E-state index in [0.717, 1.165) is 4.68 Å². The Hall–Kier alpha value is -2.49. The van der Waals surface area contributed by atoms with E-state index in [4.69, 9.17) is 11.6 Å². The molecule has 0 spiro atoms. The number of nitro benzene ring substituents is 1. The molecule has 2 unspecified atom stereocenters. The molecule has 138 valence electrons. The highest BCUT2D eigenvalue weighted by Crippen LogP contribution is 2.20. The van der Waals surface area contributed by atoms with Gasteiger partial charge in [0.05, 0.1) is 22.5 Å².